The number of ether oxygens (including phenoxy) is 1. The van der Waals surface area contributed by atoms with Crippen LogP contribution >= 0.6 is 0 Å². The Labute approximate surface area is 161 Å². The van der Waals surface area contributed by atoms with E-state index < -0.39 is 0 Å². The Kier molecular flexibility index (Phi) is 5.92. The van der Waals surface area contributed by atoms with Crippen LogP contribution in [0.5, 0.6) is 5.75 Å². The monoisotopic (exact) mass is 359 g/mol. The molecule has 0 saturated heterocycles. The highest BCUT2D eigenvalue weighted by Crippen LogP contribution is 2.25. The van der Waals surface area contributed by atoms with Gasteiger partial charge in [0.05, 0.1) is 19.6 Å². The predicted molar refractivity (Wildman–Crippen MR) is 109 cm³/mol. The first kappa shape index (κ1) is 18.7. The van der Waals surface area contributed by atoms with Gasteiger partial charge in [-0.2, -0.15) is 0 Å². The van der Waals surface area contributed by atoms with Crippen LogP contribution in [-0.2, 0) is 11.2 Å². The molecule has 0 aromatic heterocycles. The Morgan fingerprint density at radius 2 is 1.63 bits per heavy atom. The highest BCUT2D eigenvalue weighted by molar-refractivity contribution is 5.79. The lowest BCUT2D eigenvalue weighted by molar-refractivity contribution is -0.120. The van der Waals surface area contributed by atoms with E-state index in [1.807, 2.05) is 55.5 Å². The zero-order chi connectivity index (χ0) is 19.2. The summed E-state index contributed by atoms with van der Waals surface area (Å²) in [4.78, 5) is 12.8. The highest BCUT2D eigenvalue weighted by atomic mass is 16.5. The fourth-order valence-electron chi connectivity index (χ4n) is 3.34. The number of rotatable bonds is 6. The lowest BCUT2D eigenvalue weighted by Gasteiger charge is -2.22. The molecule has 0 saturated carbocycles. The minimum Gasteiger partial charge on any atom is -0.496 e. The summed E-state index contributed by atoms with van der Waals surface area (Å²) in [6.45, 7) is 4.06. The topological polar surface area (TPSA) is 38.3 Å². The van der Waals surface area contributed by atoms with E-state index in [-0.39, 0.29) is 11.9 Å². The van der Waals surface area contributed by atoms with Crippen LogP contribution in [-0.4, -0.2) is 13.0 Å². The molecule has 0 bridgehead atoms. The molecule has 3 rings (SSSR count). The molecule has 1 N–H and O–H groups in total. The molecule has 0 unspecified atom stereocenters. The van der Waals surface area contributed by atoms with Crippen molar-refractivity contribution in [2.24, 2.45) is 0 Å². The van der Waals surface area contributed by atoms with Crippen molar-refractivity contribution in [2.75, 3.05) is 7.11 Å². The molecule has 1 amide bonds. The van der Waals surface area contributed by atoms with E-state index in [4.69, 9.17) is 4.74 Å². The number of carbonyl (C=O) groups is 1. The summed E-state index contributed by atoms with van der Waals surface area (Å²) in [5.41, 5.74) is 5.35. The van der Waals surface area contributed by atoms with E-state index in [0.717, 1.165) is 33.6 Å². The van der Waals surface area contributed by atoms with Crippen molar-refractivity contribution in [3.8, 4) is 5.75 Å². The second-order valence-corrected chi connectivity index (χ2v) is 6.75. The Morgan fingerprint density at radius 1 is 0.926 bits per heavy atom. The second-order valence-electron chi connectivity index (χ2n) is 6.75. The first-order valence-corrected chi connectivity index (χ1v) is 9.12. The molecule has 0 spiro atoms. The number of methoxy groups -OCH3 is 1. The number of amides is 1. The van der Waals surface area contributed by atoms with Gasteiger partial charge in [-0.1, -0.05) is 66.7 Å². The third-order valence-electron chi connectivity index (χ3n) is 4.76. The number of hydrogen-bond donors (Lipinski definition) is 1. The van der Waals surface area contributed by atoms with Crippen molar-refractivity contribution < 1.29 is 9.53 Å². The normalized spacial score (nSPS) is 11.7. The maximum atomic E-state index is 12.8. The maximum absolute atomic E-state index is 12.8. The maximum Gasteiger partial charge on any atom is 0.225 e. The molecule has 3 aromatic carbocycles. The minimum absolute atomic E-state index is 0.00308. The van der Waals surface area contributed by atoms with Crippen LogP contribution in [0.3, 0.4) is 0 Å². The van der Waals surface area contributed by atoms with Gasteiger partial charge >= 0.3 is 0 Å². The molecule has 0 aliphatic heterocycles. The molecule has 3 aromatic rings. The van der Waals surface area contributed by atoms with Gasteiger partial charge in [-0.05, 0) is 47.7 Å². The van der Waals surface area contributed by atoms with Crippen molar-refractivity contribution in [2.45, 2.75) is 26.3 Å². The zero-order valence-electron chi connectivity index (χ0n) is 16.0. The quantitative estimate of drug-likeness (QED) is 0.689. The van der Waals surface area contributed by atoms with Gasteiger partial charge in [0.2, 0.25) is 5.91 Å². The van der Waals surface area contributed by atoms with E-state index in [2.05, 4.69) is 36.5 Å². The fourth-order valence-corrected chi connectivity index (χ4v) is 3.34. The standard InChI is InChI=1S/C24H25NO2/c1-17-9-7-8-12-21(17)24(20-10-5-4-6-11-20)25-23(26)16-19-13-14-22(27-3)18(2)15-19/h4-15,24H,16H2,1-3H3,(H,25,26)/t24-/m0/s1. The minimum atomic E-state index is -0.167. The van der Waals surface area contributed by atoms with E-state index in [9.17, 15) is 4.79 Å². The highest BCUT2D eigenvalue weighted by Gasteiger charge is 2.18. The van der Waals surface area contributed by atoms with Gasteiger partial charge in [-0.3, -0.25) is 4.79 Å². The van der Waals surface area contributed by atoms with Gasteiger partial charge in [0.15, 0.2) is 0 Å². The number of carbonyl (C=O) groups excluding carboxylic acids is 1. The molecule has 0 heterocycles. The SMILES string of the molecule is COc1ccc(CC(=O)N[C@@H](c2ccccc2)c2ccccc2C)cc1C. The first-order valence-electron chi connectivity index (χ1n) is 9.12. The Hall–Kier alpha value is -3.07. The van der Waals surface area contributed by atoms with Crippen molar-refractivity contribution in [3.05, 3.63) is 101 Å². The number of benzene rings is 3. The smallest absolute Gasteiger partial charge is 0.225 e. The van der Waals surface area contributed by atoms with E-state index >= 15 is 0 Å². The van der Waals surface area contributed by atoms with Crippen molar-refractivity contribution in [1.82, 2.24) is 5.32 Å². The van der Waals surface area contributed by atoms with Crippen molar-refractivity contribution >= 4 is 5.91 Å². The average molecular weight is 359 g/mol. The van der Waals surface area contributed by atoms with Crippen LogP contribution in [0.1, 0.15) is 33.9 Å². The molecule has 27 heavy (non-hydrogen) atoms. The van der Waals surface area contributed by atoms with Crippen molar-refractivity contribution in [3.63, 3.8) is 0 Å². The third kappa shape index (κ3) is 4.56. The summed E-state index contributed by atoms with van der Waals surface area (Å²) in [6, 6.07) is 24.0. The van der Waals surface area contributed by atoms with Gasteiger partial charge in [0, 0.05) is 0 Å². The van der Waals surface area contributed by atoms with Crippen LogP contribution < -0.4 is 10.1 Å². The Morgan fingerprint density at radius 3 is 2.30 bits per heavy atom. The summed E-state index contributed by atoms with van der Waals surface area (Å²) in [5.74, 6) is 0.831. The molecule has 3 nitrogen and oxygen atoms in total. The van der Waals surface area contributed by atoms with Gasteiger partial charge in [0.25, 0.3) is 0 Å². The average Bonchev–Trinajstić information content (AvgIpc) is 2.68. The van der Waals surface area contributed by atoms with Gasteiger partial charge in [0.1, 0.15) is 5.75 Å². The van der Waals surface area contributed by atoms with Crippen LogP contribution in [0.4, 0.5) is 0 Å². The van der Waals surface area contributed by atoms with Gasteiger partial charge in [-0.15, -0.1) is 0 Å². The molecule has 0 aliphatic rings. The van der Waals surface area contributed by atoms with Gasteiger partial charge < -0.3 is 10.1 Å². The Bertz CT molecular complexity index is 919. The lowest BCUT2D eigenvalue weighted by Crippen LogP contribution is -2.31. The fraction of sp³-hybridized carbons (Fsp3) is 0.208. The van der Waals surface area contributed by atoms with Crippen LogP contribution in [0.25, 0.3) is 0 Å². The third-order valence-corrected chi connectivity index (χ3v) is 4.76. The molecule has 0 radical (unpaired) electrons. The number of hydrogen-bond acceptors (Lipinski definition) is 2. The molecular weight excluding hydrogens is 334 g/mol. The molecular formula is C24H25NO2. The largest absolute Gasteiger partial charge is 0.496 e. The van der Waals surface area contributed by atoms with Crippen LogP contribution in [0.15, 0.2) is 72.8 Å². The molecule has 1 atom stereocenters. The van der Waals surface area contributed by atoms with Crippen LogP contribution in [0, 0.1) is 13.8 Å². The molecule has 138 valence electrons. The Balaban J connectivity index is 1.83. The lowest BCUT2D eigenvalue weighted by atomic mass is 9.94. The summed E-state index contributed by atoms with van der Waals surface area (Å²) in [5, 5.41) is 3.22. The zero-order valence-corrected chi connectivity index (χ0v) is 16.0. The first-order chi connectivity index (χ1) is 13.1. The van der Waals surface area contributed by atoms with Crippen molar-refractivity contribution in [1.29, 1.82) is 0 Å². The summed E-state index contributed by atoms with van der Waals surface area (Å²) >= 11 is 0. The summed E-state index contributed by atoms with van der Waals surface area (Å²) in [7, 11) is 1.65. The van der Waals surface area contributed by atoms with E-state index in [0.29, 0.717) is 6.42 Å². The van der Waals surface area contributed by atoms with Crippen LogP contribution in [0.2, 0.25) is 0 Å². The summed E-state index contributed by atoms with van der Waals surface area (Å²) < 4.78 is 5.30. The van der Waals surface area contributed by atoms with E-state index in [1.165, 1.54) is 0 Å². The molecule has 3 heteroatoms. The van der Waals surface area contributed by atoms with Gasteiger partial charge in [-0.25, -0.2) is 0 Å². The second kappa shape index (κ2) is 8.54. The predicted octanol–water partition coefficient (Wildman–Crippen LogP) is 4.76. The number of aryl methyl sites for hydroxylation is 2. The molecule has 0 fully saturated rings. The summed E-state index contributed by atoms with van der Waals surface area (Å²) in [6.07, 6.45) is 0.333. The molecule has 0 aliphatic carbocycles. The number of nitrogens with one attached hydrogen (secondary N) is 1. The van der Waals surface area contributed by atoms with E-state index in [1.54, 1.807) is 7.11 Å².